The van der Waals surface area contributed by atoms with Crippen LogP contribution in [0.15, 0.2) is 12.6 Å². The number of hydrogen-bond donors (Lipinski definition) is 0. The van der Waals surface area contributed by atoms with Crippen LogP contribution in [0.5, 0.6) is 0 Å². The summed E-state index contributed by atoms with van der Waals surface area (Å²) in [5.41, 5.74) is 0. The Morgan fingerprint density at radius 2 is 2.75 bits per heavy atom. The molecule has 0 aliphatic heterocycles. The minimum atomic E-state index is -0.798. The fraction of sp³-hybridized carbons (Fsp3) is 0.556. The maximum atomic E-state index is 11.6. The lowest BCUT2D eigenvalue weighted by Crippen LogP contribution is -2.38. The van der Waals surface area contributed by atoms with Crippen molar-refractivity contribution in [2.75, 3.05) is 13.1 Å². The van der Waals surface area contributed by atoms with Gasteiger partial charge in [-0.1, -0.05) is 6.53 Å². The van der Waals surface area contributed by atoms with Crippen LogP contribution in [0.1, 0.15) is 18.0 Å². The van der Waals surface area contributed by atoms with Crippen LogP contribution < -0.4 is 0 Å². The highest BCUT2D eigenvalue weighted by atomic mass is 16.2. The van der Waals surface area contributed by atoms with E-state index in [2.05, 4.69) is 4.85 Å². The molecule has 0 rings (SSSR count). The van der Waals surface area contributed by atoms with Gasteiger partial charge in [0.2, 0.25) is 12.5 Å². The maximum absolute atomic E-state index is 11.6. The predicted molar refractivity (Wildman–Crippen MR) is 48.5 cm³/mol. The second-order valence-electron chi connectivity index (χ2n) is 2.41. The number of carbonyl (C=O) groups is 1. The van der Waals surface area contributed by atoms with Gasteiger partial charge in [0, 0.05) is 6.54 Å². The average Bonchev–Trinajstić information content (AvgIpc) is 2.17. The first kappa shape index (κ1) is 6.24. The van der Waals surface area contributed by atoms with Gasteiger partial charge in [0.1, 0.15) is 6.04 Å². The normalized spacial score (nSPS) is 14.6. The molecule has 3 nitrogen and oxygen atoms in total. The van der Waals surface area contributed by atoms with Crippen LogP contribution >= 0.6 is 0 Å². The molecular formula is C9H14N2O. The lowest BCUT2D eigenvalue weighted by atomic mass is 10.2. The molecule has 0 saturated heterocycles. The molecule has 0 spiro atoms. The average molecular weight is 169 g/mol. The molecule has 12 heavy (non-hydrogen) atoms. The highest BCUT2D eigenvalue weighted by Gasteiger charge is 2.17. The van der Waals surface area contributed by atoms with Crippen molar-refractivity contribution < 1.29 is 8.91 Å². The van der Waals surface area contributed by atoms with E-state index in [1.165, 1.54) is 4.90 Å². The second kappa shape index (κ2) is 5.36. The first-order chi connectivity index (χ1) is 6.95. The summed E-state index contributed by atoms with van der Waals surface area (Å²) in [6.07, 6.45) is 0. The van der Waals surface area contributed by atoms with E-state index in [4.69, 9.17) is 10.7 Å². The smallest absolute Gasteiger partial charge is 0.246 e. The van der Waals surface area contributed by atoms with Gasteiger partial charge < -0.3 is 9.74 Å². The van der Waals surface area contributed by atoms with Crippen LogP contribution in [-0.4, -0.2) is 29.9 Å². The molecular weight excluding hydrogens is 152 g/mol. The van der Waals surface area contributed by atoms with E-state index in [0.717, 1.165) is 0 Å². The van der Waals surface area contributed by atoms with E-state index >= 15 is 0 Å². The van der Waals surface area contributed by atoms with Crippen LogP contribution in [0.25, 0.3) is 4.85 Å². The molecule has 0 N–H and O–H groups in total. The number of hydrogen-bond acceptors (Lipinski definition) is 1. The number of nitrogens with zero attached hydrogens (tertiary/aromatic N) is 2. The Labute approximate surface area is 77.7 Å². The Balaban J connectivity index is 4.78. The number of likely N-dealkylation sites (N-methyl/N-ethyl adjacent to an activating group) is 1. The zero-order chi connectivity index (χ0) is 12.0. The van der Waals surface area contributed by atoms with E-state index in [9.17, 15) is 4.79 Å². The lowest BCUT2D eigenvalue weighted by Gasteiger charge is -2.22. The Kier molecular flexibility index (Phi) is 2.79. The molecule has 0 unspecified atom stereocenters. The van der Waals surface area contributed by atoms with Crippen molar-refractivity contribution in [2.24, 2.45) is 0 Å². The van der Waals surface area contributed by atoms with Crippen LogP contribution in [0, 0.1) is 6.57 Å². The Hall–Kier alpha value is -1.30. The highest BCUT2D eigenvalue weighted by molar-refractivity contribution is 5.87. The van der Waals surface area contributed by atoms with Crippen molar-refractivity contribution in [3.8, 4) is 0 Å². The zero-order valence-electron chi connectivity index (χ0n) is 10.3. The Morgan fingerprint density at radius 1 is 2.08 bits per heavy atom. The second-order valence-corrected chi connectivity index (χ2v) is 2.41. The first-order valence-corrected chi connectivity index (χ1v) is 3.73. The molecule has 0 aliphatic rings. The fourth-order valence-electron chi connectivity index (χ4n) is 0.958. The standard InChI is InChI=1S/C9H14N2O/c1-5-9(12)11(6-2)8(3)7-10-4/h5,8H,1,6-7H2,2-3H3/t8-/m1/s1/i1D2,5D. The topological polar surface area (TPSA) is 24.7 Å². The summed E-state index contributed by atoms with van der Waals surface area (Å²) >= 11 is 0. The summed E-state index contributed by atoms with van der Waals surface area (Å²) in [5, 5.41) is 0. The van der Waals surface area contributed by atoms with Gasteiger partial charge in [-0.15, -0.1) is 0 Å². The molecule has 1 atom stereocenters. The molecule has 0 saturated carbocycles. The predicted octanol–water partition coefficient (Wildman–Crippen LogP) is 1.33. The van der Waals surface area contributed by atoms with Gasteiger partial charge in [-0.05, 0) is 19.9 Å². The van der Waals surface area contributed by atoms with Gasteiger partial charge in [0.25, 0.3) is 0 Å². The molecule has 0 radical (unpaired) electrons. The summed E-state index contributed by atoms with van der Waals surface area (Å²) in [4.78, 5) is 16.1. The molecule has 1 amide bonds. The third kappa shape index (κ3) is 2.75. The van der Waals surface area contributed by atoms with Gasteiger partial charge in [-0.25, -0.2) is 6.57 Å². The summed E-state index contributed by atoms with van der Waals surface area (Å²) < 4.78 is 21.0. The summed E-state index contributed by atoms with van der Waals surface area (Å²) in [6, 6.07) is -0.923. The van der Waals surface area contributed by atoms with Gasteiger partial charge >= 0.3 is 0 Å². The minimum Gasteiger partial charge on any atom is -0.329 e. The fourth-order valence-corrected chi connectivity index (χ4v) is 0.958. The highest BCUT2D eigenvalue weighted by Crippen LogP contribution is 2.00. The van der Waals surface area contributed by atoms with Crippen molar-refractivity contribution in [3.63, 3.8) is 0 Å². The van der Waals surface area contributed by atoms with Crippen molar-refractivity contribution in [1.29, 1.82) is 0 Å². The molecule has 0 aromatic heterocycles. The number of amides is 1. The molecule has 0 fully saturated rings. The van der Waals surface area contributed by atoms with E-state index in [1.807, 2.05) is 0 Å². The number of rotatable bonds is 4. The molecule has 0 aromatic carbocycles. The van der Waals surface area contributed by atoms with Crippen molar-refractivity contribution in [3.05, 3.63) is 24.0 Å². The lowest BCUT2D eigenvalue weighted by molar-refractivity contribution is -0.127. The Bertz CT molecular complexity index is 305. The quantitative estimate of drug-likeness (QED) is 0.460. The van der Waals surface area contributed by atoms with Crippen molar-refractivity contribution in [1.82, 2.24) is 4.90 Å². The molecule has 0 bridgehead atoms. The van der Waals surface area contributed by atoms with Crippen LogP contribution in [0.4, 0.5) is 0 Å². The van der Waals surface area contributed by atoms with E-state index in [-0.39, 0.29) is 12.6 Å². The van der Waals surface area contributed by atoms with E-state index < -0.39 is 18.5 Å². The van der Waals surface area contributed by atoms with Gasteiger partial charge in [-0.2, -0.15) is 0 Å². The van der Waals surface area contributed by atoms with Gasteiger partial charge in [0.15, 0.2) is 0 Å². The Morgan fingerprint density at radius 3 is 3.17 bits per heavy atom. The molecule has 0 heterocycles. The van der Waals surface area contributed by atoms with Crippen LogP contribution in [0.3, 0.4) is 0 Å². The molecule has 66 valence electrons. The third-order valence-corrected chi connectivity index (χ3v) is 1.60. The van der Waals surface area contributed by atoms with E-state index in [0.29, 0.717) is 6.54 Å². The monoisotopic (exact) mass is 169 g/mol. The SMILES string of the molecule is [2H]C([2H])=C([2H])C(=O)N(CC)[C@H](C)C[N+]#[C-]. The summed E-state index contributed by atoms with van der Waals surface area (Å²) in [5.74, 6) is -0.659. The zero-order valence-corrected chi connectivity index (χ0v) is 7.29. The van der Waals surface area contributed by atoms with E-state index in [1.54, 1.807) is 13.8 Å². The summed E-state index contributed by atoms with van der Waals surface area (Å²) in [7, 11) is 0. The van der Waals surface area contributed by atoms with Crippen LogP contribution in [0.2, 0.25) is 0 Å². The largest absolute Gasteiger partial charge is 0.329 e. The minimum absolute atomic E-state index is 0.165. The van der Waals surface area contributed by atoms with Crippen molar-refractivity contribution in [2.45, 2.75) is 19.9 Å². The summed E-state index contributed by atoms with van der Waals surface area (Å²) in [6.45, 7) is 9.87. The van der Waals surface area contributed by atoms with Crippen molar-refractivity contribution >= 4 is 5.91 Å². The van der Waals surface area contributed by atoms with Gasteiger partial charge in [-0.3, -0.25) is 4.79 Å². The molecule has 3 heteroatoms. The maximum Gasteiger partial charge on any atom is 0.246 e. The molecule has 0 aliphatic carbocycles. The van der Waals surface area contributed by atoms with Gasteiger partial charge in [0.05, 0.1) is 4.11 Å². The number of carbonyl (C=O) groups excluding carboxylic acids is 1. The first-order valence-electron chi connectivity index (χ1n) is 5.23. The third-order valence-electron chi connectivity index (χ3n) is 1.60. The van der Waals surface area contributed by atoms with Crippen LogP contribution in [-0.2, 0) is 4.79 Å². The molecule has 0 aromatic rings.